The lowest BCUT2D eigenvalue weighted by Crippen LogP contribution is -2.38. The summed E-state index contributed by atoms with van der Waals surface area (Å²) in [6, 6.07) is 5.39. The van der Waals surface area contributed by atoms with Gasteiger partial charge in [-0.25, -0.2) is 4.39 Å². The van der Waals surface area contributed by atoms with Crippen LogP contribution in [0.25, 0.3) is 0 Å². The van der Waals surface area contributed by atoms with Crippen molar-refractivity contribution in [2.24, 2.45) is 11.8 Å². The van der Waals surface area contributed by atoms with Gasteiger partial charge in [0.25, 0.3) is 0 Å². The second kappa shape index (κ2) is 6.64. The third-order valence-electron chi connectivity index (χ3n) is 3.83. The predicted octanol–water partition coefficient (Wildman–Crippen LogP) is 3.54. The van der Waals surface area contributed by atoms with E-state index in [9.17, 15) is 4.39 Å². The number of rotatable bonds is 5. The Labute approximate surface area is 116 Å². The molecule has 1 unspecified atom stereocenters. The average molecular weight is 315 g/mol. The van der Waals surface area contributed by atoms with Gasteiger partial charge in [0.1, 0.15) is 5.82 Å². The summed E-state index contributed by atoms with van der Waals surface area (Å²) in [4.78, 5) is 0. The van der Waals surface area contributed by atoms with Crippen molar-refractivity contribution < 1.29 is 4.39 Å². The summed E-state index contributed by atoms with van der Waals surface area (Å²) in [5, 5.41) is 0. The lowest BCUT2D eigenvalue weighted by Gasteiger charge is -2.20. The molecule has 0 bridgehead atoms. The van der Waals surface area contributed by atoms with Crippen LogP contribution in [0.4, 0.5) is 4.39 Å². The van der Waals surface area contributed by atoms with E-state index in [1.54, 1.807) is 6.07 Å². The van der Waals surface area contributed by atoms with E-state index in [4.69, 9.17) is 5.84 Å². The number of halogens is 2. The number of hydrogen-bond donors (Lipinski definition) is 2. The third-order valence-corrected chi connectivity index (χ3v) is 4.71. The molecule has 1 atom stereocenters. The van der Waals surface area contributed by atoms with E-state index < -0.39 is 0 Å². The monoisotopic (exact) mass is 314 g/mol. The van der Waals surface area contributed by atoms with Gasteiger partial charge in [0, 0.05) is 6.04 Å². The maximum absolute atomic E-state index is 13.4. The SMILES string of the molecule is NNC(Cc1cccc(F)c1Br)CC1CCCC1. The van der Waals surface area contributed by atoms with Crippen molar-refractivity contribution in [3.05, 3.63) is 34.1 Å². The molecule has 1 aromatic carbocycles. The molecule has 1 aromatic rings. The van der Waals surface area contributed by atoms with Crippen molar-refractivity contribution in [1.29, 1.82) is 0 Å². The van der Waals surface area contributed by atoms with Crippen LogP contribution >= 0.6 is 15.9 Å². The maximum Gasteiger partial charge on any atom is 0.137 e. The smallest absolute Gasteiger partial charge is 0.137 e. The average Bonchev–Trinajstić information content (AvgIpc) is 2.86. The predicted molar refractivity (Wildman–Crippen MR) is 75.5 cm³/mol. The lowest BCUT2D eigenvalue weighted by molar-refractivity contribution is 0.389. The van der Waals surface area contributed by atoms with Gasteiger partial charge in [0.15, 0.2) is 0 Å². The van der Waals surface area contributed by atoms with Gasteiger partial charge in [-0.1, -0.05) is 37.8 Å². The molecule has 3 N–H and O–H groups in total. The largest absolute Gasteiger partial charge is 0.271 e. The van der Waals surface area contributed by atoms with Crippen LogP contribution < -0.4 is 11.3 Å². The maximum atomic E-state index is 13.4. The Balaban J connectivity index is 1.98. The van der Waals surface area contributed by atoms with Crippen LogP contribution in [-0.4, -0.2) is 6.04 Å². The Morgan fingerprint density at radius 2 is 2.11 bits per heavy atom. The van der Waals surface area contributed by atoms with E-state index in [0.29, 0.717) is 4.47 Å². The molecular weight excluding hydrogens is 295 g/mol. The minimum absolute atomic E-state index is 0.205. The molecule has 0 spiro atoms. The highest BCUT2D eigenvalue weighted by Gasteiger charge is 2.20. The van der Waals surface area contributed by atoms with Crippen LogP contribution in [0.1, 0.15) is 37.7 Å². The summed E-state index contributed by atoms with van der Waals surface area (Å²) in [6.07, 6.45) is 7.15. The van der Waals surface area contributed by atoms with Crippen molar-refractivity contribution in [1.82, 2.24) is 5.43 Å². The van der Waals surface area contributed by atoms with Crippen molar-refractivity contribution in [2.75, 3.05) is 0 Å². The first-order valence-electron chi connectivity index (χ1n) is 6.59. The van der Waals surface area contributed by atoms with Crippen molar-refractivity contribution in [3.8, 4) is 0 Å². The summed E-state index contributed by atoms with van der Waals surface area (Å²) < 4.78 is 14.0. The summed E-state index contributed by atoms with van der Waals surface area (Å²) in [5.41, 5.74) is 3.86. The molecule has 0 radical (unpaired) electrons. The Morgan fingerprint density at radius 3 is 2.78 bits per heavy atom. The minimum atomic E-state index is -0.205. The zero-order valence-corrected chi connectivity index (χ0v) is 12.0. The Kier molecular flexibility index (Phi) is 5.15. The van der Waals surface area contributed by atoms with Gasteiger partial charge < -0.3 is 0 Å². The zero-order valence-electron chi connectivity index (χ0n) is 10.5. The fourth-order valence-corrected chi connectivity index (χ4v) is 3.26. The summed E-state index contributed by atoms with van der Waals surface area (Å²) in [6.45, 7) is 0. The van der Waals surface area contributed by atoms with E-state index >= 15 is 0 Å². The van der Waals surface area contributed by atoms with Crippen LogP contribution in [0.2, 0.25) is 0 Å². The molecular formula is C14H20BrFN2. The van der Waals surface area contributed by atoms with E-state index in [1.165, 1.54) is 31.7 Å². The van der Waals surface area contributed by atoms with Crippen LogP contribution in [0.5, 0.6) is 0 Å². The highest BCUT2D eigenvalue weighted by atomic mass is 79.9. The lowest BCUT2D eigenvalue weighted by atomic mass is 9.94. The second-order valence-electron chi connectivity index (χ2n) is 5.17. The van der Waals surface area contributed by atoms with Gasteiger partial charge in [0.05, 0.1) is 4.47 Å². The van der Waals surface area contributed by atoms with Gasteiger partial charge in [0.2, 0.25) is 0 Å². The van der Waals surface area contributed by atoms with Crippen molar-refractivity contribution in [3.63, 3.8) is 0 Å². The normalized spacial score (nSPS) is 18.2. The van der Waals surface area contributed by atoms with Gasteiger partial charge in [-0.3, -0.25) is 11.3 Å². The first-order valence-corrected chi connectivity index (χ1v) is 7.39. The topological polar surface area (TPSA) is 38.0 Å². The third kappa shape index (κ3) is 3.53. The molecule has 0 aliphatic heterocycles. The number of nitrogens with one attached hydrogen (secondary N) is 1. The molecule has 18 heavy (non-hydrogen) atoms. The quantitative estimate of drug-likeness (QED) is 0.644. The van der Waals surface area contributed by atoms with Crippen LogP contribution in [-0.2, 0) is 6.42 Å². The molecule has 2 nitrogen and oxygen atoms in total. The number of hydrazine groups is 1. The van der Waals surface area contributed by atoms with Crippen molar-refractivity contribution in [2.45, 2.75) is 44.6 Å². The van der Waals surface area contributed by atoms with Crippen LogP contribution in [0.15, 0.2) is 22.7 Å². The molecule has 100 valence electrons. The van der Waals surface area contributed by atoms with Gasteiger partial charge >= 0.3 is 0 Å². The summed E-state index contributed by atoms with van der Waals surface area (Å²) >= 11 is 3.31. The van der Waals surface area contributed by atoms with Gasteiger partial charge in [-0.05, 0) is 46.3 Å². The Morgan fingerprint density at radius 1 is 1.39 bits per heavy atom. The second-order valence-corrected chi connectivity index (χ2v) is 5.96. The molecule has 1 saturated carbocycles. The summed E-state index contributed by atoms with van der Waals surface area (Å²) in [5.74, 6) is 6.20. The molecule has 1 aliphatic carbocycles. The molecule has 0 aromatic heterocycles. The van der Waals surface area contributed by atoms with E-state index in [0.717, 1.165) is 24.3 Å². The zero-order chi connectivity index (χ0) is 13.0. The molecule has 0 heterocycles. The number of hydrogen-bond acceptors (Lipinski definition) is 2. The van der Waals surface area contributed by atoms with E-state index in [2.05, 4.69) is 21.4 Å². The first kappa shape index (κ1) is 14.0. The van der Waals surface area contributed by atoms with Gasteiger partial charge in [-0.2, -0.15) is 0 Å². The number of benzene rings is 1. The number of nitrogens with two attached hydrogens (primary N) is 1. The molecule has 4 heteroatoms. The highest BCUT2D eigenvalue weighted by Crippen LogP contribution is 2.30. The van der Waals surface area contributed by atoms with Gasteiger partial charge in [-0.15, -0.1) is 0 Å². The molecule has 0 amide bonds. The van der Waals surface area contributed by atoms with Crippen molar-refractivity contribution >= 4 is 15.9 Å². The van der Waals surface area contributed by atoms with E-state index in [1.807, 2.05) is 6.07 Å². The fourth-order valence-electron chi connectivity index (χ4n) is 2.83. The molecule has 1 fully saturated rings. The van der Waals surface area contributed by atoms with E-state index in [-0.39, 0.29) is 11.9 Å². The Hall–Kier alpha value is -0.450. The molecule has 0 saturated heterocycles. The van der Waals surface area contributed by atoms with Crippen LogP contribution in [0.3, 0.4) is 0 Å². The molecule has 1 aliphatic rings. The molecule has 2 rings (SSSR count). The first-order chi connectivity index (χ1) is 8.70. The fraction of sp³-hybridized carbons (Fsp3) is 0.571. The Bertz CT molecular complexity index is 391. The minimum Gasteiger partial charge on any atom is -0.271 e. The standard InChI is InChI=1S/C14H20BrFN2/c15-14-11(6-3-7-13(14)16)9-12(18-17)8-10-4-1-2-5-10/h3,6-7,10,12,18H,1-2,4-5,8-9,17H2. The summed E-state index contributed by atoms with van der Waals surface area (Å²) in [7, 11) is 0. The van der Waals surface area contributed by atoms with Crippen LogP contribution in [0, 0.1) is 11.7 Å². The highest BCUT2D eigenvalue weighted by molar-refractivity contribution is 9.10.